The number of halogens is 3. The fraction of sp³-hybridized carbons (Fsp3) is 0.0833. The van der Waals surface area contributed by atoms with Crippen molar-refractivity contribution in [3.05, 3.63) is 66.3 Å². The van der Waals surface area contributed by atoms with Crippen molar-refractivity contribution in [1.82, 2.24) is 4.57 Å². The van der Waals surface area contributed by atoms with E-state index in [9.17, 15) is 9.18 Å². The van der Waals surface area contributed by atoms with Crippen LogP contribution in [0, 0.1) is 9.39 Å². The van der Waals surface area contributed by atoms with Crippen LogP contribution in [0.15, 0.2) is 45.8 Å². The van der Waals surface area contributed by atoms with Crippen LogP contribution in [0.1, 0.15) is 5.56 Å². The fourth-order valence-corrected chi connectivity index (χ4v) is 2.40. The number of pyridine rings is 1. The maximum Gasteiger partial charge on any atom is 0.250 e. The lowest BCUT2D eigenvalue weighted by atomic mass is 10.2. The van der Waals surface area contributed by atoms with Crippen LogP contribution in [-0.4, -0.2) is 4.57 Å². The van der Waals surface area contributed by atoms with Crippen molar-refractivity contribution < 1.29 is 4.39 Å². The molecule has 0 atom stereocenters. The van der Waals surface area contributed by atoms with Crippen molar-refractivity contribution in [3.8, 4) is 0 Å². The van der Waals surface area contributed by atoms with Gasteiger partial charge in [0.05, 0.1) is 6.54 Å². The molecule has 1 aromatic carbocycles. The molecule has 17 heavy (non-hydrogen) atoms. The number of hydrogen-bond donors (Lipinski definition) is 0. The number of rotatable bonds is 2. The fourth-order valence-electron chi connectivity index (χ4n) is 1.47. The Labute approximate surface area is 120 Å². The maximum atomic E-state index is 13.5. The van der Waals surface area contributed by atoms with Gasteiger partial charge in [0.1, 0.15) is 5.82 Å². The molecule has 0 unspecified atom stereocenters. The van der Waals surface area contributed by atoms with E-state index in [1.165, 1.54) is 16.7 Å². The number of nitrogens with zero attached hydrogens (tertiary/aromatic N) is 1. The van der Waals surface area contributed by atoms with Crippen LogP contribution in [0.25, 0.3) is 0 Å². The second-order valence-electron chi connectivity index (χ2n) is 3.55. The van der Waals surface area contributed by atoms with Gasteiger partial charge in [-0.25, -0.2) is 4.39 Å². The van der Waals surface area contributed by atoms with Crippen molar-refractivity contribution in [2.24, 2.45) is 0 Å². The highest BCUT2D eigenvalue weighted by Gasteiger charge is 2.05. The summed E-state index contributed by atoms with van der Waals surface area (Å²) in [4.78, 5) is 11.6. The van der Waals surface area contributed by atoms with Crippen LogP contribution in [0.3, 0.4) is 0 Å². The van der Waals surface area contributed by atoms with Crippen LogP contribution in [0.5, 0.6) is 0 Å². The zero-order valence-corrected chi connectivity index (χ0v) is 12.4. The summed E-state index contributed by atoms with van der Waals surface area (Å²) in [6.45, 7) is 0.237. The van der Waals surface area contributed by atoms with Gasteiger partial charge in [0, 0.05) is 25.9 Å². The maximum absolute atomic E-state index is 13.5. The molecule has 0 radical (unpaired) electrons. The quantitative estimate of drug-likeness (QED) is 0.699. The smallest absolute Gasteiger partial charge is 0.250 e. The van der Waals surface area contributed by atoms with E-state index >= 15 is 0 Å². The summed E-state index contributed by atoms with van der Waals surface area (Å²) in [6.07, 6.45) is 1.71. The highest BCUT2D eigenvalue weighted by atomic mass is 127. The molecule has 0 amide bonds. The Morgan fingerprint density at radius 3 is 2.82 bits per heavy atom. The molecular formula is C12H8BrFINO. The molecule has 0 N–H and O–H groups in total. The average Bonchev–Trinajstić information content (AvgIpc) is 2.28. The zero-order valence-electron chi connectivity index (χ0n) is 8.66. The Morgan fingerprint density at radius 2 is 2.06 bits per heavy atom. The summed E-state index contributed by atoms with van der Waals surface area (Å²) >= 11 is 5.40. The molecule has 0 saturated heterocycles. The topological polar surface area (TPSA) is 22.0 Å². The van der Waals surface area contributed by atoms with Gasteiger partial charge in [0.2, 0.25) is 0 Å². The first-order valence-electron chi connectivity index (χ1n) is 4.86. The van der Waals surface area contributed by atoms with E-state index in [0.29, 0.717) is 5.56 Å². The molecule has 0 spiro atoms. The Hall–Kier alpha value is -0.690. The van der Waals surface area contributed by atoms with E-state index in [-0.39, 0.29) is 17.9 Å². The molecule has 0 saturated carbocycles. The average molecular weight is 408 g/mol. The van der Waals surface area contributed by atoms with Gasteiger partial charge in [0.25, 0.3) is 5.56 Å². The number of benzene rings is 1. The summed E-state index contributed by atoms with van der Waals surface area (Å²) in [7, 11) is 0. The molecule has 0 aliphatic heterocycles. The third kappa shape index (κ3) is 3.16. The van der Waals surface area contributed by atoms with Crippen LogP contribution in [0.4, 0.5) is 4.39 Å². The predicted molar refractivity (Wildman–Crippen MR) is 76.6 cm³/mol. The molecule has 0 aliphatic carbocycles. The lowest BCUT2D eigenvalue weighted by Gasteiger charge is -2.07. The first-order valence-corrected chi connectivity index (χ1v) is 6.73. The van der Waals surface area contributed by atoms with E-state index in [4.69, 9.17) is 0 Å². The van der Waals surface area contributed by atoms with Gasteiger partial charge >= 0.3 is 0 Å². The zero-order chi connectivity index (χ0) is 12.4. The van der Waals surface area contributed by atoms with Crippen molar-refractivity contribution in [1.29, 1.82) is 0 Å². The van der Waals surface area contributed by atoms with E-state index in [2.05, 4.69) is 38.5 Å². The Kier molecular flexibility index (Phi) is 3.98. The van der Waals surface area contributed by atoms with Gasteiger partial charge < -0.3 is 4.57 Å². The van der Waals surface area contributed by atoms with Gasteiger partial charge in [-0.1, -0.05) is 15.9 Å². The molecule has 2 nitrogen and oxygen atoms in total. The summed E-state index contributed by atoms with van der Waals surface area (Å²) in [6, 6.07) is 7.92. The second kappa shape index (κ2) is 5.30. The standard InChI is InChI=1S/C12H8BrFINO/c13-9-1-3-11(14)8(5-9)6-16-7-10(15)2-4-12(16)17/h1-5,7H,6H2. The monoisotopic (exact) mass is 407 g/mol. The van der Waals surface area contributed by atoms with Crippen LogP contribution in [0.2, 0.25) is 0 Å². The molecule has 5 heteroatoms. The Balaban J connectivity index is 2.41. The SMILES string of the molecule is O=c1ccc(I)cn1Cc1cc(Br)ccc1F. The summed E-state index contributed by atoms with van der Waals surface area (Å²) in [5, 5.41) is 0. The first kappa shape index (κ1) is 12.8. The number of aromatic nitrogens is 1. The van der Waals surface area contributed by atoms with E-state index in [0.717, 1.165) is 8.04 Å². The van der Waals surface area contributed by atoms with E-state index in [1.54, 1.807) is 24.4 Å². The minimum atomic E-state index is -0.307. The van der Waals surface area contributed by atoms with Crippen LogP contribution < -0.4 is 5.56 Å². The molecule has 1 aromatic heterocycles. The van der Waals surface area contributed by atoms with Crippen LogP contribution in [-0.2, 0) is 6.54 Å². The van der Waals surface area contributed by atoms with Crippen molar-refractivity contribution in [2.45, 2.75) is 6.54 Å². The molecule has 0 bridgehead atoms. The molecule has 0 fully saturated rings. The molecule has 0 aliphatic rings. The van der Waals surface area contributed by atoms with Gasteiger partial charge in [0.15, 0.2) is 0 Å². The first-order chi connectivity index (χ1) is 8.06. The van der Waals surface area contributed by atoms with Gasteiger partial charge in [-0.15, -0.1) is 0 Å². The predicted octanol–water partition coefficient (Wildman–Crippen LogP) is 3.40. The molecule has 88 valence electrons. The molecule has 2 rings (SSSR count). The van der Waals surface area contributed by atoms with Gasteiger partial charge in [-0.3, -0.25) is 4.79 Å². The highest BCUT2D eigenvalue weighted by Crippen LogP contribution is 2.16. The highest BCUT2D eigenvalue weighted by molar-refractivity contribution is 14.1. The summed E-state index contributed by atoms with van der Waals surface area (Å²) in [5.74, 6) is -0.307. The normalized spacial score (nSPS) is 10.5. The summed E-state index contributed by atoms with van der Waals surface area (Å²) in [5.41, 5.74) is 0.355. The third-order valence-corrected chi connectivity index (χ3v) is 3.43. The Bertz CT molecular complexity index is 612. The Morgan fingerprint density at radius 1 is 1.29 bits per heavy atom. The minimum Gasteiger partial charge on any atom is -0.310 e. The van der Waals surface area contributed by atoms with E-state index in [1.807, 2.05) is 0 Å². The van der Waals surface area contributed by atoms with E-state index < -0.39 is 0 Å². The molecule has 2 aromatic rings. The largest absolute Gasteiger partial charge is 0.310 e. The molecular weight excluding hydrogens is 400 g/mol. The lowest BCUT2D eigenvalue weighted by molar-refractivity contribution is 0.595. The number of hydrogen-bond acceptors (Lipinski definition) is 1. The van der Waals surface area contributed by atoms with Gasteiger partial charge in [-0.05, 0) is 46.9 Å². The second-order valence-corrected chi connectivity index (χ2v) is 5.71. The van der Waals surface area contributed by atoms with Crippen LogP contribution >= 0.6 is 38.5 Å². The third-order valence-electron chi connectivity index (χ3n) is 2.30. The lowest BCUT2D eigenvalue weighted by Crippen LogP contribution is -2.19. The van der Waals surface area contributed by atoms with Crippen molar-refractivity contribution >= 4 is 38.5 Å². The molecule has 1 heterocycles. The minimum absolute atomic E-state index is 0.134. The summed E-state index contributed by atoms with van der Waals surface area (Å²) < 4.78 is 16.8. The van der Waals surface area contributed by atoms with Crippen molar-refractivity contribution in [3.63, 3.8) is 0 Å². The van der Waals surface area contributed by atoms with Gasteiger partial charge in [-0.2, -0.15) is 0 Å². The van der Waals surface area contributed by atoms with Crippen molar-refractivity contribution in [2.75, 3.05) is 0 Å².